The minimum atomic E-state index is -3.62. The molecule has 2 aromatic rings. The summed E-state index contributed by atoms with van der Waals surface area (Å²) in [4.78, 5) is 2.46. The molecule has 25 heavy (non-hydrogen) atoms. The third-order valence-corrected chi connectivity index (χ3v) is 5.37. The molecule has 1 N–H and O–H groups in total. The largest absolute Gasteiger partial charge is 0.372 e. The first-order valence-corrected chi connectivity index (χ1v) is 9.57. The highest BCUT2D eigenvalue weighted by molar-refractivity contribution is 7.90. The van der Waals surface area contributed by atoms with Gasteiger partial charge >= 0.3 is 0 Å². The number of sulfonamides is 1. The number of amidine groups is 1. The van der Waals surface area contributed by atoms with Gasteiger partial charge in [0.1, 0.15) is 4.90 Å². The Morgan fingerprint density at radius 3 is 2.44 bits per heavy atom. The van der Waals surface area contributed by atoms with Crippen LogP contribution in [0, 0.1) is 0 Å². The smallest absolute Gasteiger partial charge is 0.285 e. The Hall–Kier alpha value is -2.67. The first kappa shape index (κ1) is 17.2. The first-order chi connectivity index (χ1) is 12.0. The average molecular weight is 356 g/mol. The summed E-state index contributed by atoms with van der Waals surface area (Å²) in [5, 5.41) is 4.12. The zero-order valence-electron chi connectivity index (χ0n) is 14.2. The Bertz CT molecular complexity index is 914. The summed E-state index contributed by atoms with van der Waals surface area (Å²) in [6.07, 6.45) is 1.64. The summed E-state index contributed by atoms with van der Waals surface area (Å²) >= 11 is 0. The van der Waals surface area contributed by atoms with Crippen molar-refractivity contribution in [2.24, 2.45) is 9.50 Å². The normalized spacial score (nSPS) is 15.0. The van der Waals surface area contributed by atoms with Crippen molar-refractivity contribution in [2.75, 3.05) is 18.0 Å². The molecule has 0 unspecified atom stereocenters. The molecule has 6 nitrogen and oxygen atoms in total. The number of hydrogen-bond acceptors (Lipinski definition) is 5. The molecule has 0 fully saturated rings. The number of nitrogens with zero attached hydrogens (tertiary/aromatic N) is 3. The Morgan fingerprint density at radius 1 is 1.08 bits per heavy atom. The fourth-order valence-electron chi connectivity index (χ4n) is 2.71. The molecule has 130 valence electrons. The molecule has 0 amide bonds. The van der Waals surface area contributed by atoms with E-state index in [-0.39, 0.29) is 10.7 Å². The number of benzene rings is 2. The molecular weight excluding hydrogens is 336 g/mol. The van der Waals surface area contributed by atoms with E-state index >= 15 is 0 Å². The lowest BCUT2D eigenvalue weighted by Gasteiger charge is -2.20. The van der Waals surface area contributed by atoms with Gasteiger partial charge in [-0.25, -0.2) is 0 Å². The summed E-state index contributed by atoms with van der Waals surface area (Å²) in [5.74, 6) is 0.242. The SMILES string of the molecule is CCN(CC)c1ccc(/C=N\NC2=NS(=O)(=O)c3ccccc32)cc1. The second-order valence-electron chi connectivity index (χ2n) is 5.54. The van der Waals surface area contributed by atoms with Crippen LogP contribution in [-0.2, 0) is 10.0 Å². The lowest BCUT2D eigenvalue weighted by atomic mass is 10.2. The topological polar surface area (TPSA) is 74.1 Å². The molecule has 0 spiro atoms. The van der Waals surface area contributed by atoms with Gasteiger partial charge in [-0.05, 0) is 43.7 Å². The van der Waals surface area contributed by atoms with Gasteiger partial charge in [0.2, 0.25) is 0 Å². The van der Waals surface area contributed by atoms with Crippen LogP contribution in [0.1, 0.15) is 25.0 Å². The van der Waals surface area contributed by atoms with Crippen LogP contribution in [0.25, 0.3) is 0 Å². The summed E-state index contributed by atoms with van der Waals surface area (Å²) in [7, 11) is -3.62. The van der Waals surface area contributed by atoms with E-state index in [0.29, 0.717) is 5.56 Å². The van der Waals surface area contributed by atoms with Gasteiger partial charge in [-0.15, -0.1) is 4.40 Å². The van der Waals surface area contributed by atoms with Crippen molar-refractivity contribution >= 4 is 27.8 Å². The Morgan fingerprint density at radius 2 is 1.76 bits per heavy atom. The number of fused-ring (bicyclic) bond motifs is 1. The highest BCUT2D eigenvalue weighted by Gasteiger charge is 2.28. The first-order valence-electron chi connectivity index (χ1n) is 8.13. The minimum Gasteiger partial charge on any atom is -0.372 e. The second kappa shape index (κ2) is 7.06. The average Bonchev–Trinajstić information content (AvgIpc) is 2.88. The third kappa shape index (κ3) is 3.56. The van der Waals surface area contributed by atoms with Crippen molar-refractivity contribution in [2.45, 2.75) is 18.7 Å². The lowest BCUT2D eigenvalue weighted by molar-refractivity contribution is 0.599. The Labute approximate surface area is 148 Å². The van der Waals surface area contributed by atoms with Crippen molar-refractivity contribution in [3.63, 3.8) is 0 Å². The van der Waals surface area contributed by atoms with Gasteiger partial charge in [0, 0.05) is 24.3 Å². The fraction of sp³-hybridized carbons (Fsp3) is 0.222. The van der Waals surface area contributed by atoms with Crippen molar-refractivity contribution in [3.05, 3.63) is 59.7 Å². The zero-order chi connectivity index (χ0) is 17.9. The molecule has 7 heteroatoms. The summed E-state index contributed by atoms with van der Waals surface area (Å²) in [5.41, 5.74) is 5.35. The van der Waals surface area contributed by atoms with Crippen LogP contribution < -0.4 is 10.3 Å². The zero-order valence-corrected chi connectivity index (χ0v) is 15.0. The molecule has 1 heterocycles. The van der Waals surface area contributed by atoms with E-state index in [9.17, 15) is 8.42 Å². The number of anilines is 1. The Balaban J connectivity index is 1.72. The molecule has 0 saturated heterocycles. The lowest BCUT2D eigenvalue weighted by Crippen LogP contribution is -2.21. The molecule has 0 radical (unpaired) electrons. The second-order valence-corrected chi connectivity index (χ2v) is 7.12. The number of rotatable bonds is 5. The van der Waals surface area contributed by atoms with Gasteiger partial charge in [0.05, 0.1) is 6.21 Å². The molecule has 0 aromatic heterocycles. The minimum absolute atomic E-state index is 0.205. The highest BCUT2D eigenvalue weighted by Crippen LogP contribution is 2.24. The molecule has 1 aliphatic heterocycles. The maximum absolute atomic E-state index is 12.0. The molecule has 3 rings (SSSR count). The monoisotopic (exact) mass is 356 g/mol. The van der Waals surface area contributed by atoms with Crippen molar-refractivity contribution in [3.8, 4) is 0 Å². The van der Waals surface area contributed by atoms with Crippen LogP contribution in [0.15, 0.2) is 62.9 Å². The number of hydrazone groups is 1. The standard InChI is InChI=1S/C18H20N4O2S/c1-3-22(4-2)15-11-9-14(10-12-15)13-19-20-18-16-7-5-6-8-17(16)25(23,24)21-18/h5-13H,3-4H2,1-2H3,(H,20,21)/b19-13-. The summed E-state index contributed by atoms with van der Waals surface area (Å²) < 4.78 is 27.7. The molecule has 2 aromatic carbocycles. The maximum atomic E-state index is 12.0. The predicted molar refractivity (Wildman–Crippen MR) is 101 cm³/mol. The predicted octanol–water partition coefficient (Wildman–Crippen LogP) is 2.61. The molecule has 0 atom stereocenters. The van der Waals surface area contributed by atoms with Gasteiger partial charge in [0.15, 0.2) is 5.84 Å². The molecule has 0 saturated carbocycles. The fourth-order valence-corrected chi connectivity index (χ4v) is 3.89. The van der Waals surface area contributed by atoms with E-state index in [1.165, 1.54) is 0 Å². The van der Waals surface area contributed by atoms with Crippen molar-refractivity contribution in [1.29, 1.82) is 0 Å². The van der Waals surface area contributed by atoms with Crippen LogP contribution in [0.4, 0.5) is 5.69 Å². The summed E-state index contributed by atoms with van der Waals surface area (Å²) in [6.45, 7) is 6.16. The summed E-state index contributed by atoms with van der Waals surface area (Å²) in [6, 6.07) is 14.7. The molecule has 1 aliphatic rings. The Kier molecular flexibility index (Phi) is 4.85. The van der Waals surface area contributed by atoms with Crippen LogP contribution in [0.3, 0.4) is 0 Å². The molecule has 0 bridgehead atoms. The molecular formula is C18H20N4O2S. The van der Waals surface area contributed by atoms with Gasteiger partial charge in [-0.1, -0.05) is 24.3 Å². The number of nitrogens with one attached hydrogen (secondary N) is 1. The van der Waals surface area contributed by atoms with Gasteiger partial charge in [-0.3, -0.25) is 5.43 Å². The van der Waals surface area contributed by atoms with E-state index in [1.54, 1.807) is 30.5 Å². The van der Waals surface area contributed by atoms with Gasteiger partial charge in [0.25, 0.3) is 10.0 Å². The third-order valence-electron chi connectivity index (χ3n) is 4.04. The number of hydrogen-bond donors (Lipinski definition) is 1. The van der Waals surface area contributed by atoms with Crippen LogP contribution in [0.2, 0.25) is 0 Å². The van der Waals surface area contributed by atoms with Crippen molar-refractivity contribution in [1.82, 2.24) is 5.43 Å². The molecule has 0 aliphatic carbocycles. The van der Waals surface area contributed by atoms with Gasteiger partial charge < -0.3 is 4.90 Å². The van der Waals surface area contributed by atoms with Crippen molar-refractivity contribution < 1.29 is 8.42 Å². The maximum Gasteiger partial charge on any atom is 0.285 e. The van der Waals surface area contributed by atoms with Gasteiger partial charge in [-0.2, -0.15) is 13.5 Å². The van der Waals surface area contributed by atoms with E-state index in [0.717, 1.165) is 24.3 Å². The van der Waals surface area contributed by atoms with Crippen LogP contribution in [0.5, 0.6) is 0 Å². The van der Waals surface area contributed by atoms with E-state index < -0.39 is 10.0 Å². The van der Waals surface area contributed by atoms with E-state index in [1.807, 2.05) is 24.3 Å². The van der Waals surface area contributed by atoms with E-state index in [2.05, 4.69) is 33.7 Å². The van der Waals surface area contributed by atoms with Crippen LogP contribution in [-0.4, -0.2) is 33.6 Å². The quantitative estimate of drug-likeness (QED) is 0.660. The highest BCUT2D eigenvalue weighted by atomic mass is 32.2. The van der Waals surface area contributed by atoms with Crippen LogP contribution >= 0.6 is 0 Å². The van der Waals surface area contributed by atoms with E-state index in [4.69, 9.17) is 0 Å².